The van der Waals surface area contributed by atoms with Gasteiger partial charge in [0, 0.05) is 5.56 Å². The number of fused-ring (bicyclic) bond motifs is 1. The molecule has 4 aromatic rings. The highest BCUT2D eigenvalue weighted by molar-refractivity contribution is 5.78. The zero-order valence-electron chi connectivity index (χ0n) is 14.2. The van der Waals surface area contributed by atoms with Crippen LogP contribution in [0.5, 0.6) is 0 Å². The lowest BCUT2D eigenvalue weighted by molar-refractivity contribution is -0.120. The molecule has 7 heteroatoms. The molecule has 130 valence electrons. The number of nitrogens with zero attached hydrogens (tertiary/aromatic N) is 4. The Morgan fingerprint density at radius 2 is 2.00 bits per heavy atom. The summed E-state index contributed by atoms with van der Waals surface area (Å²) in [5.74, 6) is 1.05. The smallest absolute Gasteiger partial charge is 0.226 e. The summed E-state index contributed by atoms with van der Waals surface area (Å²) in [5.41, 5.74) is 3.13. The van der Waals surface area contributed by atoms with Crippen molar-refractivity contribution >= 4 is 11.6 Å². The first kappa shape index (κ1) is 16.0. The summed E-state index contributed by atoms with van der Waals surface area (Å²) in [7, 11) is 0. The van der Waals surface area contributed by atoms with Crippen molar-refractivity contribution in [1.82, 2.24) is 24.9 Å². The third-order valence-electron chi connectivity index (χ3n) is 4.09. The molecule has 1 N–H and O–H groups in total. The highest BCUT2D eigenvalue weighted by Gasteiger charge is 2.15. The lowest BCUT2D eigenvalue weighted by Gasteiger charge is -2.06. The standard InChI is InChI=1S/C19H17N5O2/c1-13-16(23-19(26-13)14-6-3-2-4-7-14)10-18(25)20-11-15-8-5-9-17-21-12-22-24(15)17/h2-9,12H,10-11H2,1H3,(H,20,25). The molecule has 0 aliphatic rings. The second-order valence-electron chi connectivity index (χ2n) is 5.89. The van der Waals surface area contributed by atoms with Gasteiger partial charge in [-0.15, -0.1) is 0 Å². The first-order chi connectivity index (χ1) is 12.7. The Kier molecular flexibility index (Phi) is 4.18. The minimum Gasteiger partial charge on any atom is -0.441 e. The Labute approximate surface area is 149 Å². The largest absolute Gasteiger partial charge is 0.441 e. The summed E-state index contributed by atoms with van der Waals surface area (Å²) in [6.07, 6.45) is 1.65. The Hall–Kier alpha value is -3.48. The van der Waals surface area contributed by atoms with E-state index in [4.69, 9.17) is 4.42 Å². The minimum absolute atomic E-state index is 0.127. The SMILES string of the molecule is Cc1oc(-c2ccccc2)nc1CC(=O)NCc1cccc2ncnn12. The Morgan fingerprint density at radius 1 is 1.15 bits per heavy atom. The molecular formula is C19H17N5O2. The predicted molar refractivity (Wildman–Crippen MR) is 95.2 cm³/mol. The number of nitrogens with one attached hydrogen (secondary N) is 1. The van der Waals surface area contributed by atoms with E-state index in [0.717, 1.165) is 16.9 Å². The van der Waals surface area contributed by atoms with E-state index in [0.29, 0.717) is 23.9 Å². The molecule has 0 fully saturated rings. The van der Waals surface area contributed by atoms with Crippen molar-refractivity contribution in [2.24, 2.45) is 0 Å². The first-order valence-electron chi connectivity index (χ1n) is 8.27. The quantitative estimate of drug-likeness (QED) is 0.600. The number of hydrogen-bond acceptors (Lipinski definition) is 5. The van der Waals surface area contributed by atoms with Crippen LogP contribution in [0.3, 0.4) is 0 Å². The molecule has 1 amide bonds. The zero-order valence-corrected chi connectivity index (χ0v) is 14.2. The maximum atomic E-state index is 12.3. The van der Waals surface area contributed by atoms with E-state index in [-0.39, 0.29) is 12.3 Å². The maximum absolute atomic E-state index is 12.3. The molecule has 0 radical (unpaired) electrons. The topological polar surface area (TPSA) is 85.3 Å². The summed E-state index contributed by atoms with van der Waals surface area (Å²) in [6, 6.07) is 15.3. The molecule has 3 heterocycles. The maximum Gasteiger partial charge on any atom is 0.226 e. The Bertz CT molecular complexity index is 1050. The molecular weight excluding hydrogens is 330 g/mol. The van der Waals surface area contributed by atoms with Crippen molar-refractivity contribution in [3.63, 3.8) is 0 Å². The monoisotopic (exact) mass is 347 g/mol. The van der Waals surface area contributed by atoms with Crippen LogP contribution in [0.4, 0.5) is 0 Å². The van der Waals surface area contributed by atoms with Crippen LogP contribution in [0.25, 0.3) is 17.1 Å². The van der Waals surface area contributed by atoms with E-state index in [2.05, 4.69) is 20.4 Å². The van der Waals surface area contributed by atoms with Gasteiger partial charge in [-0.2, -0.15) is 5.10 Å². The molecule has 0 saturated carbocycles. The van der Waals surface area contributed by atoms with Crippen molar-refractivity contribution in [1.29, 1.82) is 0 Å². The van der Waals surface area contributed by atoms with Crippen LogP contribution in [0, 0.1) is 6.92 Å². The average Bonchev–Trinajstić information content (AvgIpc) is 3.28. The van der Waals surface area contributed by atoms with E-state index in [1.54, 1.807) is 4.52 Å². The normalized spacial score (nSPS) is 11.0. The number of rotatable bonds is 5. The van der Waals surface area contributed by atoms with Gasteiger partial charge in [0.2, 0.25) is 11.8 Å². The molecule has 0 bridgehead atoms. The Balaban J connectivity index is 1.44. The molecule has 0 aliphatic carbocycles. The minimum atomic E-state index is -0.127. The van der Waals surface area contributed by atoms with E-state index >= 15 is 0 Å². The number of hydrogen-bond donors (Lipinski definition) is 1. The summed E-state index contributed by atoms with van der Waals surface area (Å²) < 4.78 is 7.40. The number of carbonyl (C=O) groups excluding carboxylic acids is 1. The van der Waals surface area contributed by atoms with Gasteiger partial charge in [-0.1, -0.05) is 24.3 Å². The number of aromatic nitrogens is 4. The van der Waals surface area contributed by atoms with Gasteiger partial charge in [0.05, 0.1) is 24.4 Å². The zero-order chi connectivity index (χ0) is 17.9. The van der Waals surface area contributed by atoms with Crippen LogP contribution in [0.1, 0.15) is 17.1 Å². The lowest BCUT2D eigenvalue weighted by Crippen LogP contribution is -2.26. The number of amides is 1. The van der Waals surface area contributed by atoms with Crippen molar-refractivity contribution in [2.75, 3.05) is 0 Å². The molecule has 0 spiro atoms. The van der Waals surface area contributed by atoms with E-state index < -0.39 is 0 Å². The van der Waals surface area contributed by atoms with Gasteiger partial charge in [0.1, 0.15) is 12.1 Å². The third kappa shape index (κ3) is 3.19. The van der Waals surface area contributed by atoms with Crippen LogP contribution in [0.15, 0.2) is 59.3 Å². The van der Waals surface area contributed by atoms with Gasteiger partial charge >= 0.3 is 0 Å². The van der Waals surface area contributed by atoms with E-state index in [9.17, 15) is 4.79 Å². The van der Waals surface area contributed by atoms with Crippen molar-refractivity contribution in [3.8, 4) is 11.5 Å². The summed E-state index contributed by atoms with van der Waals surface area (Å²) in [5, 5.41) is 7.05. The second-order valence-corrected chi connectivity index (χ2v) is 5.89. The molecule has 4 rings (SSSR count). The fraction of sp³-hybridized carbons (Fsp3) is 0.158. The molecule has 3 aromatic heterocycles. The fourth-order valence-electron chi connectivity index (χ4n) is 2.74. The molecule has 26 heavy (non-hydrogen) atoms. The van der Waals surface area contributed by atoms with Crippen molar-refractivity contribution < 1.29 is 9.21 Å². The molecule has 0 aliphatic heterocycles. The van der Waals surface area contributed by atoms with Gasteiger partial charge in [-0.05, 0) is 31.2 Å². The van der Waals surface area contributed by atoms with E-state index in [1.165, 1.54) is 6.33 Å². The van der Waals surface area contributed by atoms with Crippen molar-refractivity contribution in [3.05, 3.63) is 72.0 Å². The van der Waals surface area contributed by atoms with Gasteiger partial charge in [0.15, 0.2) is 5.65 Å². The molecule has 7 nitrogen and oxygen atoms in total. The average molecular weight is 347 g/mol. The van der Waals surface area contributed by atoms with Crippen molar-refractivity contribution in [2.45, 2.75) is 19.9 Å². The van der Waals surface area contributed by atoms with Crippen LogP contribution in [-0.2, 0) is 17.8 Å². The van der Waals surface area contributed by atoms with Gasteiger partial charge in [0.25, 0.3) is 0 Å². The molecule has 1 aromatic carbocycles. The van der Waals surface area contributed by atoms with Gasteiger partial charge in [-0.3, -0.25) is 4.79 Å². The summed E-state index contributed by atoms with van der Waals surface area (Å²) in [4.78, 5) is 20.9. The first-order valence-corrected chi connectivity index (χ1v) is 8.27. The second kappa shape index (κ2) is 6.79. The number of oxazole rings is 1. The molecule has 0 unspecified atom stereocenters. The number of aryl methyl sites for hydroxylation is 1. The predicted octanol–water partition coefficient (Wildman–Crippen LogP) is 2.55. The van der Waals surface area contributed by atoms with Crippen LogP contribution in [-0.4, -0.2) is 25.5 Å². The number of benzene rings is 1. The highest BCUT2D eigenvalue weighted by Crippen LogP contribution is 2.21. The van der Waals surface area contributed by atoms with E-state index in [1.807, 2.05) is 55.5 Å². The third-order valence-corrected chi connectivity index (χ3v) is 4.09. The number of pyridine rings is 1. The molecule has 0 atom stereocenters. The van der Waals surface area contributed by atoms with Crippen LogP contribution in [0.2, 0.25) is 0 Å². The van der Waals surface area contributed by atoms with Crippen LogP contribution < -0.4 is 5.32 Å². The van der Waals surface area contributed by atoms with Gasteiger partial charge < -0.3 is 9.73 Å². The number of carbonyl (C=O) groups is 1. The highest BCUT2D eigenvalue weighted by atomic mass is 16.4. The fourth-order valence-corrected chi connectivity index (χ4v) is 2.74. The molecule has 0 saturated heterocycles. The summed E-state index contributed by atoms with van der Waals surface area (Å²) in [6.45, 7) is 2.18. The van der Waals surface area contributed by atoms with Gasteiger partial charge in [-0.25, -0.2) is 14.5 Å². The Morgan fingerprint density at radius 3 is 2.85 bits per heavy atom. The summed E-state index contributed by atoms with van der Waals surface area (Å²) >= 11 is 0. The lowest BCUT2D eigenvalue weighted by atomic mass is 10.2. The van der Waals surface area contributed by atoms with Crippen LogP contribution >= 0.6 is 0 Å².